The van der Waals surface area contributed by atoms with Crippen molar-refractivity contribution in [1.82, 2.24) is 9.97 Å². The summed E-state index contributed by atoms with van der Waals surface area (Å²) in [7, 11) is 1.60. The number of hydrogen-bond donors (Lipinski definition) is 1. The monoisotopic (exact) mass is 342 g/mol. The molecule has 7 nitrogen and oxygen atoms in total. The van der Waals surface area contributed by atoms with E-state index in [0.717, 1.165) is 5.69 Å². The van der Waals surface area contributed by atoms with Crippen LogP contribution in [0.2, 0.25) is 0 Å². The van der Waals surface area contributed by atoms with Gasteiger partial charge in [0.25, 0.3) is 0 Å². The molecule has 0 spiro atoms. The fraction of sp³-hybridized carbons (Fsp3) is 0.389. The Kier molecular flexibility index (Phi) is 5.02. The van der Waals surface area contributed by atoms with Gasteiger partial charge in [0.1, 0.15) is 17.6 Å². The third-order valence-electron chi connectivity index (χ3n) is 3.87. The van der Waals surface area contributed by atoms with Crippen LogP contribution in [0.15, 0.2) is 36.7 Å². The lowest BCUT2D eigenvalue weighted by Gasteiger charge is -2.20. The van der Waals surface area contributed by atoms with Crippen LogP contribution in [0.25, 0.3) is 0 Å². The van der Waals surface area contributed by atoms with E-state index in [1.54, 1.807) is 24.4 Å². The lowest BCUT2D eigenvalue weighted by Crippen LogP contribution is -2.33. The lowest BCUT2D eigenvalue weighted by molar-refractivity contribution is -0.117. The van der Waals surface area contributed by atoms with Crippen molar-refractivity contribution in [1.29, 1.82) is 0 Å². The number of nitrogens with one attached hydrogen (secondary N) is 1. The highest BCUT2D eigenvalue weighted by Gasteiger charge is 2.34. The van der Waals surface area contributed by atoms with Gasteiger partial charge in [-0.15, -0.1) is 0 Å². The topological polar surface area (TPSA) is 76.6 Å². The summed E-state index contributed by atoms with van der Waals surface area (Å²) in [6.07, 6.45) is 3.83. The molecule has 7 heteroatoms. The van der Waals surface area contributed by atoms with Gasteiger partial charge in [0.05, 0.1) is 31.3 Å². The van der Waals surface area contributed by atoms with Crippen LogP contribution >= 0.6 is 0 Å². The summed E-state index contributed by atoms with van der Waals surface area (Å²) in [5.74, 6) is 1.63. The zero-order valence-corrected chi connectivity index (χ0v) is 14.6. The smallest absolute Gasteiger partial charge is 0.249 e. The van der Waals surface area contributed by atoms with E-state index in [1.807, 2.05) is 38.1 Å². The lowest BCUT2D eigenvalue weighted by atomic mass is 10.2. The van der Waals surface area contributed by atoms with Crippen molar-refractivity contribution in [2.45, 2.75) is 32.4 Å². The van der Waals surface area contributed by atoms with Gasteiger partial charge in [-0.2, -0.15) is 4.98 Å². The molecule has 0 saturated carbocycles. The molecule has 0 bridgehead atoms. The minimum atomic E-state index is -0.353. The number of aromatic nitrogens is 2. The first-order valence-corrected chi connectivity index (χ1v) is 8.28. The van der Waals surface area contributed by atoms with E-state index < -0.39 is 0 Å². The van der Waals surface area contributed by atoms with E-state index in [1.165, 1.54) is 0 Å². The molecule has 0 aliphatic carbocycles. The number of ether oxygens (including phenoxy) is 2. The van der Waals surface area contributed by atoms with Gasteiger partial charge in [-0.25, -0.2) is 0 Å². The third kappa shape index (κ3) is 3.81. The zero-order valence-electron chi connectivity index (χ0n) is 14.6. The molecule has 1 fully saturated rings. The Morgan fingerprint density at radius 1 is 1.28 bits per heavy atom. The van der Waals surface area contributed by atoms with Gasteiger partial charge in [-0.1, -0.05) is 12.1 Å². The van der Waals surface area contributed by atoms with E-state index in [9.17, 15) is 4.79 Å². The second-order valence-corrected chi connectivity index (χ2v) is 6.06. The molecular weight excluding hydrogens is 320 g/mol. The largest absolute Gasteiger partial charge is 0.495 e. The first-order chi connectivity index (χ1) is 12.1. The number of methoxy groups -OCH3 is 1. The summed E-state index contributed by atoms with van der Waals surface area (Å²) in [5, 5.41) is 3.16. The Balaban J connectivity index is 1.72. The summed E-state index contributed by atoms with van der Waals surface area (Å²) in [6, 6.07) is 7.16. The second kappa shape index (κ2) is 7.38. The van der Waals surface area contributed by atoms with Crippen molar-refractivity contribution < 1.29 is 14.3 Å². The molecule has 1 aromatic carbocycles. The summed E-state index contributed by atoms with van der Waals surface area (Å²) in [5.41, 5.74) is 0.780. The van der Waals surface area contributed by atoms with Crippen molar-refractivity contribution in [2.24, 2.45) is 0 Å². The molecule has 25 heavy (non-hydrogen) atoms. The van der Waals surface area contributed by atoms with Gasteiger partial charge in [-0.05, 0) is 32.4 Å². The molecule has 1 atom stereocenters. The number of para-hydroxylation sites is 2. The van der Waals surface area contributed by atoms with Crippen LogP contribution in [0.5, 0.6) is 11.6 Å². The average Bonchev–Trinajstić information content (AvgIpc) is 2.95. The third-order valence-corrected chi connectivity index (χ3v) is 3.87. The van der Waals surface area contributed by atoms with E-state index in [-0.39, 0.29) is 18.1 Å². The molecule has 1 aromatic heterocycles. The maximum atomic E-state index is 12.8. The maximum Gasteiger partial charge on any atom is 0.249 e. The fourth-order valence-electron chi connectivity index (χ4n) is 2.80. The molecule has 1 saturated heterocycles. The molecule has 132 valence electrons. The Morgan fingerprint density at radius 3 is 2.84 bits per heavy atom. The molecule has 1 unspecified atom stereocenters. The maximum absolute atomic E-state index is 12.8. The van der Waals surface area contributed by atoms with E-state index in [0.29, 0.717) is 30.4 Å². The number of rotatable bonds is 6. The fourth-order valence-corrected chi connectivity index (χ4v) is 2.80. The average molecular weight is 342 g/mol. The highest BCUT2D eigenvalue weighted by molar-refractivity contribution is 6.01. The Morgan fingerprint density at radius 2 is 2.08 bits per heavy atom. The SMILES string of the molecule is COc1ccccc1N1CCC(Nc2cncc(OC(C)C)n2)C1=O. The van der Waals surface area contributed by atoms with Gasteiger partial charge in [0.15, 0.2) is 0 Å². The molecule has 1 aliphatic heterocycles. The summed E-state index contributed by atoms with van der Waals surface area (Å²) >= 11 is 0. The summed E-state index contributed by atoms with van der Waals surface area (Å²) < 4.78 is 10.9. The van der Waals surface area contributed by atoms with Gasteiger partial charge >= 0.3 is 0 Å². The number of amides is 1. The van der Waals surface area contributed by atoms with Crippen LogP contribution < -0.4 is 19.7 Å². The Labute approximate surface area is 147 Å². The van der Waals surface area contributed by atoms with Crippen LogP contribution in [0, 0.1) is 0 Å². The Hall–Kier alpha value is -2.83. The quantitative estimate of drug-likeness (QED) is 0.869. The molecule has 1 aliphatic rings. The number of carbonyl (C=O) groups is 1. The van der Waals surface area contributed by atoms with Crippen molar-refractivity contribution >= 4 is 17.4 Å². The minimum absolute atomic E-state index is 0.0125. The van der Waals surface area contributed by atoms with Gasteiger partial charge in [0.2, 0.25) is 11.8 Å². The van der Waals surface area contributed by atoms with Crippen LogP contribution in [0.4, 0.5) is 11.5 Å². The zero-order chi connectivity index (χ0) is 17.8. The number of anilines is 2. The van der Waals surface area contributed by atoms with Crippen LogP contribution in [-0.2, 0) is 4.79 Å². The number of carbonyl (C=O) groups excluding carboxylic acids is 1. The summed E-state index contributed by atoms with van der Waals surface area (Å²) in [4.78, 5) is 23.0. The normalized spacial score (nSPS) is 17.0. The number of nitrogens with zero attached hydrogens (tertiary/aromatic N) is 3. The molecule has 3 rings (SSSR count). The first-order valence-electron chi connectivity index (χ1n) is 8.28. The van der Waals surface area contributed by atoms with Gasteiger partial charge < -0.3 is 19.7 Å². The highest BCUT2D eigenvalue weighted by atomic mass is 16.5. The van der Waals surface area contributed by atoms with Crippen LogP contribution in [0.1, 0.15) is 20.3 Å². The predicted octanol–water partition coefficient (Wildman–Crippen LogP) is 2.49. The minimum Gasteiger partial charge on any atom is -0.495 e. The van der Waals surface area contributed by atoms with Crippen LogP contribution in [0.3, 0.4) is 0 Å². The van der Waals surface area contributed by atoms with E-state index >= 15 is 0 Å². The second-order valence-electron chi connectivity index (χ2n) is 6.06. The number of benzene rings is 1. The predicted molar refractivity (Wildman–Crippen MR) is 95.2 cm³/mol. The molecule has 0 radical (unpaired) electrons. The summed E-state index contributed by atoms with van der Waals surface area (Å²) in [6.45, 7) is 4.47. The standard InChI is InChI=1S/C18H22N4O3/c1-12(2)25-17-11-19-10-16(21-17)20-13-8-9-22(18(13)23)14-6-4-5-7-15(14)24-3/h4-7,10-13H,8-9H2,1-3H3,(H,20,21). The van der Waals surface area contributed by atoms with Crippen molar-refractivity contribution in [3.05, 3.63) is 36.7 Å². The van der Waals surface area contributed by atoms with Gasteiger partial charge in [-0.3, -0.25) is 9.78 Å². The first kappa shape index (κ1) is 17.0. The molecule has 1 amide bonds. The molecule has 2 heterocycles. The molecular formula is C18H22N4O3. The molecule has 1 N–H and O–H groups in total. The number of hydrogen-bond acceptors (Lipinski definition) is 6. The highest BCUT2D eigenvalue weighted by Crippen LogP contribution is 2.31. The van der Waals surface area contributed by atoms with E-state index in [2.05, 4.69) is 15.3 Å². The van der Waals surface area contributed by atoms with Gasteiger partial charge in [0, 0.05) is 6.54 Å². The van der Waals surface area contributed by atoms with Crippen molar-refractivity contribution in [3.63, 3.8) is 0 Å². The Bertz CT molecular complexity index is 751. The molecule has 2 aromatic rings. The van der Waals surface area contributed by atoms with Crippen LogP contribution in [-0.4, -0.2) is 41.7 Å². The van der Waals surface area contributed by atoms with E-state index in [4.69, 9.17) is 9.47 Å². The van der Waals surface area contributed by atoms with Crippen molar-refractivity contribution in [3.8, 4) is 11.6 Å². The van der Waals surface area contributed by atoms with Crippen molar-refractivity contribution in [2.75, 3.05) is 23.9 Å².